The van der Waals surface area contributed by atoms with Crippen LogP contribution in [0.2, 0.25) is 0 Å². The van der Waals surface area contributed by atoms with Crippen LogP contribution in [0.5, 0.6) is 0 Å². The van der Waals surface area contributed by atoms with Gasteiger partial charge < -0.3 is 0 Å². The van der Waals surface area contributed by atoms with Crippen LogP contribution < -0.4 is 5.90 Å². The van der Waals surface area contributed by atoms with Gasteiger partial charge in [-0.25, -0.2) is 5.90 Å². The first kappa shape index (κ1) is 7.24. The first-order valence-electron chi connectivity index (χ1n) is 5.42. The van der Waals surface area contributed by atoms with Gasteiger partial charge in [0.05, 0.1) is 5.60 Å². The van der Waals surface area contributed by atoms with Gasteiger partial charge in [-0.15, -0.1) is 0 Å². The number of rotatable bonds is 1. The van der Waals surface area contributed by atoms with Crippen LogP contribution in [0.3, 0.4) is 0 Å². The lowest BCUT2D eigenvalue weighted by atomic mass is 9.07. The van der Waals surface area contributed by atoms with Crippen molar-refractivity contribution in [2.45, 2.75) is 45.1 Å². The molecule has 0 heterocycles. The highest BCUT2D eigenvalue weighted by Crippen LogP contribution is 2.99. The van der Waals surface area contributed by atoms with E-state index in [0.717, 1.165) is 5.92 Å². The molecule has 1 spiro atoms. The van der Waals surface area contributed by atoms with Crippen molar-refractivity contribution in [3.8, 4) is 0 Å². The minimum Gasteiger partial charge on any atom is -0.297 e. The van der Waals surface area contributed by atoms with Crippen molar-refractivity contribution < 1.29 is 4.84 Å². The first-order valence-corrected chi connectivity index (χ1v) is 5.42. The monoisotopic (exact) mass is 179 g/mol. The summed E-state index contributed by atoms with van der Waals surface area (Å²) < 4.78 is 0. The fourth-order valence-corrected chi connectivity index (χ4v) is 6.79. The standard InChI is InChI=1S/C11H17NO/c1-8-3-7-4-10(13-12)6-9(2,5-8)11(7,8)10/h7H,3-6,12H2,1-2H3. The lowest BCUT2D eigenvalue weighted by molar-refractivity contribution is -0.532. The summed E-state index contributed by atoms with van der Waals surface area (Å²) in [4.78, 5) is 5.33. The third-order valence-electron chi connectivity index (χ3n) is 6.19. The van der Waals surface area contributed by atoms with Crippen LogP contribution in [0.15, 0.2) is 0 Å². The van der Waals surface area contributed by atoms with Gasteiger partial charge in [0.25, 0.3) is 0 Å². The molecule has 4 aliphatic rings. The molecule has 2 N–H and O–H groups in total. The van der Waals surface area contributed by atoms with Crippen LogP contribution in [-0.2, 0) is 4.84 Å². The van der Waals surface area contributed by atoms with E-state index < -0.39 is 0 Å². The van der Waals surface area contributed by atoms with E-state index in [2.05, 4.69) is 13.8 Å². The van der Waals surface area contributed by atoms with Crippen LogP contribution in [0, 0.1) is 22.2 Å². The Labute approximate surface area is 78.8 Å². The van der Waals surface area contributed by atoms with Gasteiger partial charge in [0.2, 0.25) is 0 Å². The first-order chi connectivity index (χ1) is 6.04. The maximum Gasteiger partial charge on any atom is 0.0971 e. The highest BCUT2D eigenvalue weighted by Gasteiger charge is 2.97. The molecule has 5 unspecified atom stereocenters. The number of hydrogen-bond donors (Lipinski definition) is 1. The lowest BCUT2D eigenvalue weighted by Gasteiger charge is -2.97. The molecule has 4 fully saturated rings. The van der Waals surface area contributed by atoms with Crippen LogP contribution in [0.25, 0.3) is 0 Å². The van der Waals surface area contributed by atoms with Crippen molar-refractivity contribution in [3.63, 3.8) is 0 Å². The zero-order chi connectivity index (χ0) is 9.11. The molecule has 4 saturated carbocycles. The summed E-state index contributed by atoms with van der Waals surface area (Å²) in [6.07, 6.45) is 5.33. The maximum absolute atomic E-state index is 5.49. The van der Waals surface area contributed by atoms with Gasteiger partial charge in [-0.2, -0.15) is 0 Å². The highest BCUT2D eigenvalue weighted by molar-refractivity contribution is 5.45. The fraction of sp³-hybridized carbons (Fsp3) is 1.00. The molecule has 72 valence electrons. The van der Waals surface area contributed by atoms with Gasteiger partial charge in [-0.3, -0.25) is 4.84 Å². The summed E-state index contributed by atoms with van der Waals surface area (Å²) in [5.74, 6) is 6.44. The molecule has 2 nitrogen and oxygen atoms in total. The molecular weight excluding hydrogens is 162 g/mol. The summed E-state index contributed by atoms with van der Waals surface area (Å²) >= 11 is 0. The topological polar surface area (TPSA) is 35.2 Å². The summed E-state index contributed by atoms with van der Waals surface area (Å²) in [6.45, 7) is 4.88. The normalized spacial score (nSPS) is 76.4. The third-order valence-corrected chi connectivity index (χ3v) is 6.19. The molecule has 0 bridgehead atoms. The molecule has 4 rings (SSSR count). The van der Waals surface area contributed by atoms with Crippen molar-refractivity contribution in [3.05, 3.63) is 0 Å². The molecule has 0 aliphatic heterocycles. The van der Waals surface area contributed by atoms with Gasteiger partial charge in [-0.05, 0) is 42.4 Å². The molecular formula is C11H17NO. The Bertz CT molecular complexity index is 320. The molecule has 0 saturated heterocycles. The Morgan fingerprint density at radius 3 is 2.31 bits per heavy atom. The summed E-state index contributed by atoms with van der Waals surface area (Å²) in [5.41, 5.74) is 1.85. The van der Waals surface area contributed by atoms with Crippen molar-refractivity contribution in [2.24, 2.45) is 28.1 Å². The molecule has 4 aliphatic carbocycles. The maximum atomic E-state index is 5.49. The molecule has 5 atom stereocenters. The lowest BCUT2D eigenvalue weighted by Crippen LogP contribution is -2.97. The average Bonchev–Trinajstić information content (AvgIpc) is 1.95. The van der Waals surface area contributed by atoms with E-state index in [0.29, 0.717) is 16.2 Å². The minimum atomic E-state index is 0.123. The van der Waals surface area contributed by atoms with Gasteiger partial charge in [-0.1, -0.05) is 13.8 Å². The molecule has 0 aromatic carbocycles. The Balaban J connectivity index is 1.86. The molecule has 2 heteroatoms. The second-order valence-electron chi connectivity index (χ2n) is 6.50. The van der Waals surface area contributed by atoms with Crippen molar-refractivity contribution in [1.82, 2.24) is 0 Å². The average molecular weight is 179 g/mol. The van der Waals surface area contributed by atoms with Crippen molar-refractivity contribution in [2.75, 3.05) is 0 Å². The van der Waals surface area contributed by atoms with E-state index in [1.165, 1.54) is 25.7 Å². The van der Waals surface area contributed by atoms with Crippen molar-refractivity contribution in [1.29, 1.82) is 0 Å². The molecule has 0 aromatic rings. The van der Waals surface area contributed by atoms with Crippen LogP contribution in [0.4, 0.5) is 0 Å². The molecule has 0 amide bonds. The van der Waals surface area contributed by atoms with Gasteiger partial charge in [0.1, 0.15) is 0 Å². The van der Waals surface area contributed by atoms with Crippen LogP contribution >= 0.6 is 0 Å². The zero-order valence-corrected chi connectivity index (χ0v) is 8.39. The van der Waals surface area contributed by atoms with E-state index in [9.17, 15) is 0 Å². The predicted octanol–water partition coefficient (Wildman–Crippen LogP) is 1.85. The molecule has 0 radical (unpaired) electrons. The Morgan fingerprint density at radius 1 is 1.15 bits per heavy atom. The fourth-order valence-electron chi connectivity index (χ4n) is 6.79. The highest BCUT2D eigenvalue weighted by atomic mass is 16.6. The van der Waals surface area contributed by atoms with Crippen molar-refractivity contribution >= 4 is 0 Å². The van der Waals surface area contributed by atoms with Gasteiger partial charge in [0, 0.05) is 5.41 Å². The second-order valence-corrected chi connectivity index (χ2v) is 6.50. The van der Waals surface area contributed by atoms with E-state index in [4.69, 9.17) is 10.7 Å². The van der Waals surface area contributed by atoms with Crippen LogP contribution in [0.1, 0.15) is 39.5 Å². The quantitative estimate of drug-likeness (QED) is 0.623. The second kappa shape index (κ2) is 1.40. The number of hydrogen-bond acceptors (Lipinski definition) is 2. The van der Waals surface area contributed by atoms with E-state index in [1.807, 2.05) is 0 Å². The van der Waals surface area contributed by atoms with E-state index >= 15 is 0 Å². The Hall–Kier alpha value is -0.0800. The van der Waals surface area contributed by atoms with E-state index in [1.54, 1.807) is 0 Å². The van der Waals surface area contributed by atoms with Gasteiger partial charge in [0.15, 0.2) is 0 Å². The smallest absolute Gasteiger partial charge is 0.0971 e. The summed E-state index contributed by atoms with van der Waals surface area (Å²) in [7, 11) is 0. The zero-order valence-electron chi connectivity index (χ0n) is 8.39. The molecule has 0 aromatic heterocycles. The largest absolute Gasteiger partial charge is 0.297 e. The SMILES string of the molecule is CC12CC3CC4(ON)CC(C)(C1)C324. The summed E-state index contributed by atoms with van der Waals surface area (Å²) in [5, 5.41) is 0. The Kier molecular flexibility index (Phi) is 0.777. The van der Waals surface area contributed by atoms with E-state index in [-0.39, 0.29) is 5.60 Å². The summed E-state index contributed by atoms with van der Waals surface area (Å²) in [6, 6.07) is 0. The third kappa shape index (κ3) is 0.350. The van der Waals surface area contributed by atoms with Crippen LogP contribution in [-0.4, -0.2) is 5.60 Å². The Morgan fingerprint density at radius 2 is 1.92 bits per heavy atom. The predicted molar refractivity (Wildman–Crippen MR) is 48.6 cm³/mol. The molecule has 13 heavy (non-hydrogen) atoms. The minimum absolute atomic E-state index is 0.123. The number of nitrogens with two attached hydrogens (primary N) is 1. The van der Waals surface area contributed by atoms with Gasteiger partial charge >= 0.3 is 0 Å².